The minimum Gasteiger partial charge on any atom is -0.481 e. The molecule has 0 unspecified atom stereocenters. The number of hydrogen-bond acceptors (Lipinski definition) is 8. The number of methoxy groups -OCH3 is 2. The van der Waals surface area contributed by atoms with Crippen LogP contribution in [0.3, 0.4) is 0 Å². The van der Waals surface area contributed by atoms with E-state index in [2.05, 4.69) is 15.1 Å². The fourth-order valence-corrected chi connectivity index (χ4v) is 3.51. The number of halogens is 2. The second kappa shape index (κ2) is 10.0. The Labute approximate surface area is 180 Å². The highest BCUT2D eigenvalue weighted by molar-refractivity contribution is 7.99. The topological polar surface area (TPSA) is 82.9 Å². The van der Waals surface area contributed by atoms with Crippen LogP contribution in [-0.2, 0) is 4.84 Å². The maximum atomic E-state index is 13.2. The zero-order valence-corrected chi connectivity index (χ0v) is 17.4. The molecule has 154 valence electrons. The highest BCUT2D eigenvalue weighted by atomic mass is 35.5. The van der Waals surface area contributed by atoms with Crippen LogP contribution in [0.1, 0.15) is 15.9 Å². The van der Waals surface area contributed by atoms with Crippen LogP contribution in [0.4, 0.5) is 4.39 Å². The van der Waals surface area contributed by atoms with Gasteiger partial charge in [-0.3, -0.25) is 0 Å². The van der Waals surface area contributed by atoms with E-state index in [0.29, 0.717) is 22.2 Å². The number of carbonyl (C=O) groups excluding carboxylic acids is 1. The molecule has 0 aliphatic rings. The van der Waals surface area contributed by atoms with Gasteiger partial charge in [-0.05, 0) is 41.6 Å². The molecule has 0 aliphatic carbocycles. The summed E-state index contributed by atoms with van der Waals surface area (Å²) < 4.78 is 23.5. The van der Waals surface area contributed by atoms with Crippen LogP contribution < -0.4 is 9.47 Å². The Hall–Kier alpha value is -3.17. The van der Waals surface area contributed by atoms with Crippen molar-refractivity contribution in [1.82, 2.24) is 9.97 Å². The second-order valence-corrected chi connectivity index (χ2v) is 7.03. The molecule has 0 atom stereocenters. The van der Waals surface area contributed by atoms with Crippen molar-refractivity contribution in [2.75, 3.05) is 14.2 Å². The fraction of sp³-hybridized carbons (Fsp3) is 0.100. The molecular weight excluding hydrogens is 433 g/mol. The number of benzene rings is 2. The number of rotatable bonds is 7. The van der Waals surface area contributed by atoms with Crippen molar-refractivity contribution >= 4 is 35.5 Å². The first-order valence-electron chi connectivity index (χ1n) is 8.44. The molecule has 0 fully saturated rings. The zero-order valence-electron chi connectivity index (χ0n) is 15.8. The van der Waals surface area contributed by atoms with E-state index in [1.165, 1.54) is 44.7 Å². The third-order valence-electron chi connectivity index (χ3n) is 3.64. The molecule has 3 rings (SSSR count). The van der Waals surface area contributed by atoms with E-state index in [-0.39, 0.29) is 15.7 Å². The van der Waals surface area contributed by atoms with Gasteiger partial charge in [-0.1, -0.05) is 35.0 Å². The Morgan fingerprint density at radius 1 is 1.10 bits per heavy atom. The molecule has 30 heavy (non-hydrogen) atoms. The van der Waals surface area contributed by atoms with Gasteiger partial charge in [0.05, 0.1) is 37.1 Å². The molecule has 0 amide bonds. The molecule has 3 aromatic rings. The van der Waals surface area contributed by atoms with Gasteiger partial charge >= 0.3 is 5.97 Å². The van der Waals surface area contributed by atoms with Crippen LogP contribution in [0.25, 0.3) is 0 Å². The predicted molar refractivity (Wildman–Crippen MR) is 110 cm³/mol. The molecule has 0 aliphatic heterocycles. The van der Waals surface area contributed by atoms with Gasteiger partial charge in [-0.15, -0.1) is 0 Å². The van der Waals surface area contributed by atoms with Crippen molar-refractivity contribution in [3.8, 4) is 11.8 Å². The zero-order chi connectivity index (χ0) is 21.5. The minimum absolute atomic E-state index is 0.0888. The lowest BCUT2D eigenvalue weighted by molar-refractivity contribution is 0.0515. The molecule has 2 aromatic carbocycles. The van der Waals surface area contributed by atoms with Crippen LogP contribution in [0.5, 0.6) is 11.8 Å². The van der Waals surface area contributed by atoms with Crippen molar-refractivity contribution in [2.45, 2.75) is 10.1 Å². The Bertz CT molecular complexity index is 1080. The van der Waals surface area contributed by atoms with Gasteiger partial charge in [-0.25, -0.2) is 9.18 Å². The van der Waals surface area contributed by atoms with Crippen LogP contribution in [0.2, 0.25) is 5.02 Å². The van der Waals surface area contributed by atoms with Gasteiger partial charge in [0.25, 0.3) is 0 Å². The monoisotopic (exact) mass is 447 g/mol. The molecule has 0 saturated heterocycles. The number of carbonyl (C=O) groups is 1. The first kappa shape index (κ1) is 21.5. The second-order valence-electron chi connectivity index (χ2n) is 5.62. The quantitative estimate of drug-likeness (QED) is 0.226. The van der Waals surface area contributed by atoms with Crippen LogP contribution >= 0.6 is 23.4 Å². The molecule has 0 N–H and O–H groups in total. The smallest absolute Gasteiger partial charge is 0.368 e. The lowest BCUT2D eigenvalue weighted by Crippen LogP contribution is -2.05. The Morgan fingerprint density at radius 3 is 2.47 bits per heavy atom. The van der Waals surface area contributed by atoms with Crippen molar-refractivity contribution in [3.63, 3.8) is 0 Å². The van der Waals surface area contributed by atoms with E-state index < -0.39 is 11.8 Å². The average molecular weight is 448 g/mol. The van der Waals surface area contributed by atoms with E-state index in [1.54, 1.807) is 24.3 Å². The molecule has 0 radical (unpaired) electrons. The van der Waals surface area contributed by atoms with Crippen LogP contribution in [0, 0.1) is 5.82 Å². The maximum Gasteiger partial charge on any atom is 0.368 e. The Balaban J connectivity index is 1.83. The summed E-state index contributed by atoms with van der Waals surface area (Å²) in [7, 11) is 2.93. The number of ether oxygens (including phenoxy) is 2. The van der Waals surface area contributed by atoms with Gasteiger partial charge in [0, 0.05) is 4.90 Å². The summed E-state index contributed by atoms with van der Waals surface area (Å²) in [5, 5.41) is 4.07. The molecular formula is C20H15ClFN3O4S. The molecule has 1 aromatic heterocycles. The summed E-state index contributed by atoms with van der Waals surface area (Å²) in [5.74, 6) is -0.611. The number of aromatic nitrogens is 2. The average Bonchev–Trinajstić information content (AvgIpc) is 2.73. The lowest BCUT2D eigenvalue weighted by Gasteiger charge is -2.09. The molecule has 10 heteroatoms. The van der Waals surface area contributed by atoms with Crippen molar-refractivity contribution in [2.24, 2.45) is 5.16 Å². The van der Waals surface area contributed by atoms with Gasteiger partial charge in [0.2, 0.25) is 11.8 Å². The van der Waals surface area contributed by atoms with Gasteiger partial charge < -0.3 is 14.3 Å². The first-order chi connectivity index (χ1) is 14.5. The number of hydrogen-bond donors (Lipinski definition) is 0. The van der Waals surface area contributed by atoms with E-state index in [1.807, 2.05) is 0 Å². The SMILES string of the molecule is COc1cc(OC)nc(Sc2cccc(Cl)c2C(=O)O/N=C/c2cccc(F)c2)n1. The first-order valence-corrected chi connectivity index (χ1v) is 9.63. The standard InChI is InChI=1S/C20H15ClFN3O4S/c1-27-16-10-17(28-2)25-20(24-16)30-15-8-4-7-14(21)18(15)19(26)29-23-11-12-5-3-6-13(22)9-12/h3-11H,1-2H3/b23-11+. The van der Waals surface area contributed by atoms with Crippen molar-refractivity contribution < 1.29 is 23.5 Å². The van der Waals surface area contributed by atoms with Gasteiger partial charge in [-0.2, -0.15) is 9.97 Å². The highest BCUT2D eigenvalue weighted by Gasteiger charge is 2.20. The van der Waals surface area contributed by atoms with Crippen LogP contribution in [-0.4, -0.2) is 36.4 Å². The normalized spacial score (nSPS) is 10.8. The van der Waals surface area contributed by atoms with E-state index >= 15 is 0 Å². The summed E-state index contributed by atoms with van der Waals surface area (Å²) in [5.41, 5.74) is 0.527. The summed E-state index contributed by atoms with van der Waals surface area (Å²) in [6, 6.07) is 12.1. The Morgan fingerprint density at radius 2 is 1.80 bits per heavy atom. The van der Waals surface area contributed by atoms with Crippen LogP contribution in [0.15, 0.2) is 63.7 Å². The third kappa shape index (κ3) is 5.46. The Kier molecular flexibility index (Phi) is 7.21. The predicted octanol–water partition coefficient (Wildman–Crippen LogP) is 4.63. The summed E-state index contributed by atoms with van der Waals surface area (Å²) in [6.45, 7) is 0. The summed E-state index contributed by atoms with van der Waals surface area (Å²) in [4.78, 5) is 26.4. The van der Waals surface area contributed by atoms with Gasteiger partial charge in [0.15, 0.2) is 5.16 Å². The lowest BCUT2D eigenvalue weighted by atomic mass is 10.2. The molecule has 0 spiro atoms. The largest absolute Gasteiger partial charge is 0.481 e. The molecule has 0 bridgehead atoms. The summed E-state index contributed by atoms with van der Waals surface area (Å²) in [6.07, 6.45) is 1.22. The third-order valence-corrected chi connectivity index (χ3v) is 4.88. The molecule has 7 nitrogen and oxygen atoms in total. The number of nitrogens with zero attached hydrogens (tertiary/aromatic N) is 3. The van der Waals surface area contributed by atoms with E-state index in [9.17, 15) is 9.18 Å². The van der Waals surface area contributed by atoms with Crippen molar-refractivity contribution in [3.05, 3.63) is 70.5 Å². The summed E-state index contributed by atoms with van der Waals surface area (Å²) >= 11 is 7.30. The fourth-order valence-electron chi connectivity index (χ4n) is 2.29. The highest BCUT2D eigenvalue weighted by Crippen LogP contribution is 2.34. The molecule has 0 saturated carbocycles. The minimum atomic E-state index is -0.786. The number of oxime groups is 1. The molecule has 1 heterocycles. The van der Waals surface area contributed by atoms with E-state index in [0.717, 1.165) is 11.8 Å². The van der Waals surface area contributed by atoms with Gasteiger partial charge in [0.1, 0.15) is 5.82 Å². The van der Waals surface area contributed by atoms with Crippen molar-refractivity contribution in [1.29, 1.82) is 0 Å². The maximum absolute atomic E-state index is 13.2. The van der Waals surface area contributed by atoms with E-state index in [4.69, 9.17) is 25.9 Å².